The number of hydrogen-bond acceptors (Lipinski definition) is 4. The average Bonchev–Trinajstić information content (AvgIpc) is 2.66. The topological polar surface area (TPSA) is 76.0 Å². The van der Waals surface area contributed by atoms with E-state index in [1.54, 1.807) is 18.2 Å². The molecule has 3 aromatic rings. The lowest BCUT2D eigenvalue weighted by Crippen LogP contribution is -2.62. The van der Waals surface area contributed by atoms with Crippen LogP contribution < -0.4 is 16.2 Å². The third-order valence-electron chi connectivity index (χ3n) is 5.65. The maximum atomic E-state index is 13.2. The molecule has 1 aromatic heterocycles. The van der Waals surface area contributed by atoms with Crippen molar-refractivity contribution >= 4 is 16.8 Å². The predicted octanol–water partition coefficient (Wildman–Crippen LogP) is 3.56. The fourth-order valence-electron chi connectivity index (χ4n) is 4.74. The highest BCUT2D eigenvalue weighted by molar-refractivity contribution is 5.97. The highest BCUT2D eigenvalue weighted by atomic mass is 19.1. The van der Waals surface area contributed by atoms with E-state index in [0.717, 1.165) is 12.8 Å². The van der Waals surface area contributed by atoms with Crippen LogP contribution in [0.5, 0.6) is 0 Å². The summed E-state index contributed by atoms with van der Waals surface area (Å²) in [7, 11) is 0. The molecule has 1 amide bonds. The van der Waals surface area contributed by atoms with Gasteiger partial charge in [0.25, 0.3) is 11.5 Å². The molecular formula is C24H27FN4O2. The summed E-state index contributed by atoms with van der Waals surface area (Å²) in [4.78, 5) is 30.1. The molecule has 1 aliphatic rings. The molecule has 2 heterocycles. The van der Waals surface area contributed by atoms with Crippen molar-refractivity contribution in [2.75, 3.05) is 0 Å². The molecule has 0 bridgehead atoms. The average molecular weight is 423 g/mol. The van der Waals surface area contributed by atoms with Gasteiger partial charge in [-0.1, -0.05) is 0 Å². The second-order valence-electron chi connectivity index (χ2n) is 9.60. The minimum atomic E-state index is -0.373. The van der Waals surface area contributed by atoms with Crippen molar-refractivity contribution in [2.45, 2.75) is 57.7 Å². The number of fused-ring (bicyclic) bond motifs is 1. The van der Waals surface area contributed by atoms with Gasteiger partial charge in [0, 0.05) is 22.7 Å². The zero-order valence-corrected chi connectivity index (χ0v) is 18.2. The summed E-state index contributed by atoms with van der Waals surface area (Å²) in [6, 6.07) is 10.6. The summed E-state index contributed by atoms with van der Waals surface area (Å²) in [6.07, 6.45) is 3.06. The molecule has 6 nitrogen and oxygen atoms in total. The highest BCUT2D eigenvalue weighted by Crippen LogP contribution is 2.28. The first-order valence-corrected chi connectivity index (χ1v) is 10.4. The summed E-state index contributed by atoms with van der Waals surface area (Å²) >= 11 is 0. The molecular weight excluding hydrogens is 395 g/mol. The van der Waals surface area contributed by atoms with Crippen LogP contribution in [0.25, 0.3) is 16.6 Å². The number of piperidine rings is 1. The molecule has 1 saturated heterocycles. The molecule has 1 aliphatic heterocycles. The first-order chi connectivity index (χ1) is 14.5. The smallest absolute Gasteiger partial charge is 0.265 e. The Kier molecular flexibility index (Phi) is 5.17. The number of amides is 1. The molecule has 0 radical (unpaired) electrons. The van der Waals surface area contributed by atoms with E-state index in [9.17, 15) is 14.0 Å². The van der Waals surface area contributed by atoms with Crippen molar-refractivity contribution in [1.29, 1.82) is 0 Å². The van der Waals surface area contributed by atoms with Crippen LogP contribution in [0.3, 0.4) is 0 Å². The van der Waals surface area contributed by atoms with E-state index in [0.29, 0.717) is 22.2 Å². The van der Waals surface area contributed by atoms with Crippen molar-refractivity contribution in [1.82, 2.24) is 20.2 Å². The summed E-state index contributed by atoms with van der Waals surface area (Å²) in [5.74, 6) is -0.549. The summed E-state index contributed by atoms with van der Waals surface area (Å²) < 4.78 is 14.5. The second-order valence-corrected chi connectivity index (χ2v) is 9.60. The SMILES string of the molecule is CC1(C)CC(NC(=O)c2ccc3c(=O)n(-c4ccc(F)cc4)cnc3c2)CC(C)(C)N1. The quantitative estimate of drug-likeness (QED) is 0.677. The number of aromatic nitrogens is 2. The zero-order valence-electron chi connectivity index (χ0n) is 18.2. The molecule has 0 unspecified atom stereocenters. The molecule has 0 aliphatic carbocycles. The Morgan fingerprint density at radius 2 is 1.74 bits per heavy atom. The van der Waals surface area contributed by atoms with Gasteiger partial charge in [0.1, 0.15) is 12.1 Å². The monoisotopic (exact) mass is 422 g/mol. The van der Waals surface area contributed by atoms with Crippen LogP contribution in [0.2, 0.25) is 0 Å². The van der Waals surface area contributed by atoms with Crippen LogP contribution >= 0.6 is 0 Å². The number of carbonyl (C=O) groups is 1. The fourth-order valence-corrected chi connectivity index (χ4v) is 4.74. The lowest BCUT2D eigenvalue weighted by atomic mass is 9.79. The van der Waals surface area contributed by atoms with Gasteiger partial charge in [-0.25, -0.2) is 9.37 Å². The lowest BCUT2D eigenvalue weighted by Gasteiger charge is -2.46. The Bertz CT molecular complexity index is 1180. The summed E-state index contributed by atoms with van der Waals surface area (Å²) in [6.45, 7) is 8.55. The minimum absolute atomic E-state index is 0.0499. The van der Waals surface area contributed by atoms with Crippen molar-refractivity contribution in [3.8, 4) is 5.69 Å². The number of benzene rings is 2. The van der Waals surface area contributed by atoms with Gasteiger partial charge in [0.05, 0.1) is 16.6 Å². The van der Waals surface area contributed by atoms with Gasteiger partial charge in [-0.15, -0.1) is 0 Å². The van der Waals surface area contributed by atoms with Crippen LogP contribution in [-0.2, 0) is 0 Å². The molecule has 2 aromatic carbocycles. The van der Waals surface area contributed by atoms with Gasteiger partial charge in [0.2, 0.25) is 0 Å². The number of nitrogens with one attached hydrogen (secondary N) is 2. The predicted molar refractivity (Wildman–Crippen MR) is 119 cm³/mol. The highest BCUT2D eigenvalue weighted by Gasteiger charge is 2.38. The number of nitrogens with zero attached hydrogens (tertiary/aromatic N) is 2. The summed E-state index contributed by atoms with van der Waals surface area (Å²) in [5.41, 5.74) is 1.02. The van der Waals surface area contributed by atoms with E-state index in [4.69, 9.17) is 0 Å². The van der Waals surface area contributed by atoms with Gasteiger partial charge in [-0.2, -0.15) is 0 Å². The molecule has 4 rings (SSSR count). The number of hydrogen-bond donors (Lipinski definition) is 2. The van der Waals surface area contributed by atoms with Crippen LogP contribution in [0, 0.1) is 5.82 Å². The number of halogens is 1. The Labute approximate surface area is 180 Å². The molecule has 1 fully saturated rings. The number of rotatable bonds is 3. The molecule has 0 spiro atoms. The normalized spacial score (nSPS) is 18.1. The summed E-state index contributed by atoms with van der Waals surface area (Å²) in [5, 5.41) is 7.15. The van der Waals surface area contributed by atoms with Crippen LogP contribution in [0.15, 0.2) is 53.6 Å². The van der Waals surface area contributed by atoms with Crippen molar-refractivity contribution in [2.24, 2.45) is 0 Å². The van der Waals surface area contributed by atoms with Crippen molar-refractivity contribution in [3.63, 3.8) is 0 Å². The Hall–Kier alpha value is -3.06. The third-order valence-corrected chi connectivity index (χ3v) is 5.65. The number of carbonyl (C=O) groups excluding carboxylic acids is 1. The molecule has 162 valence electrons. The molecule has 2 N–H and O–H groups in total. The van der Waals surface area contributed by atoms with E-state index < -0.39 is 0 Å². The van der Waals surface area contributed by atoms with E-state index in [2.05, 4.69) is 43.3 Å². The van der Waals surface area contributed by atoms with Crippen LogP contribution in [-0.4, -0.2) is 32.6 Å². The Morgan fingerprint density at radius 3 is 2.39 bits per heavy atom. The van der Waals surface area contributed by atoms with Gasteiger partial charge in [-0.3, -0.25) is 14.2 Å². The standard InChI is InChI=1S/C24H27FN4O2/c1-23(2)12-17(13-24(3,4)28-23)27-21(30)15-5-10-19-20(11-15)26-14-29(22(19)31)18-8-6-16(25)7-9-18/h5-11,14,17,28H,12-13H2,1-4H3,(H,27,30). The van der Waals surface area contributed by atoms with Crippen LogP contribution in [0.1, 0.15) is 50.9 Å². The largest absolute Gasteiger partial charge is 0.349 e. The first-order valence-electron chi connectivity index (χ1n) is 10.4. The van der Waals surface area contributed by atoms with E-state index >= 15 is 0 Å². The van der Waals surface area contributed by atoms with Gasteiger partial charge < -0.3 is 10.6 Å². The van der Waals surface area contributed by atoms with Gasteiger partial charge in [-0.05, 0) is 83.0 Å². The second kappa shape index (κ2) is 7.57. The fraction of sp³-hybridized carbons (Fsp3) is 0.375. The molecule has 7 heteroatoms. The lowest BCUT2D eigenvalue weighted by molar-refractivity contribution is 0.0873. The van der Waals surface area contributed by atoms with Gasteiger partial charge >= 0.3 is 0 Å². The first kappa shape index (κ1) is 21.2. The maximum Gasteiger partial charge on any atom is 0.265 e. The maximum absolute atomic E-state index is 13.2. The van der Waals surface area contributed by atoms with Crippen LogP contribution in [0.4, 0.5) is 4.39 Å². The molecule has 0 atom stereocenters. The van der Waals surface area contributed by atoms with E-state index in [1.807, 2.05) is 0 Å². The minimum Gasteiger partial charge on any atom is -0.349 e. The Balaban J connectivity index is 1.59. The molecule has 0 saturated carbocycles. The third kappa shape index (κ3) is 4.51. The van der Waals surface area contributed by atoms with E-state index in [1.165, 1.54) is 35.2 Å². The van der Waals surface area contributed by atoms with Crippen molar-refractivity contribution in [3.05, 3.63) is 70.5 Å². The van der Waals surface area contributed by atoms with Gasteiger partial charge in [0.15, 0.2) is 0 Å². The van der Waals surface area contributed by atoms with Crippen molar-refractivity contribution < 1.29 is 9.18 Å². The molecule has 31 heavy (non-hydrogen) atoms. The Morgan fingerprint density at radius 1 is 1.10 bits per heavy atom. The zero-order chi connectivity index (χ0) is 22.4. The van der Waals surface area contributed by atoms with E-state index in [-0.39, 0.29) is 34.4 Å².